The number of aryl methyl sites for hydroxylation is 1. The second-order valence-electron chi connectivity index (χ2n) is 7.08. The molecule has 2 heterocycles. The van der Waals surface area contributed by atoms with Crippen molar-refractivity contribution in [2.45, 2.75) is 45.1 Å². The molecule has 0 spiro atoms. The molecule has 7 heteroatoms. The lowest BCUT2D eigenvalue weighted by Gasteiger charge is -2.26. The van der Waals surface area contributed by atoms with E-state index < -0.39 is 0 Å². The lowest BCUT2D eigenvalue weighted by atomic mass is 9.88. The van der Waals surface area contributed by atoms with Gasteiger partial charge in [-0.1, -0.05) is 37.6 Å². The third kappa shape index (κ3) is 3.45. The van der Waals surface area contributed by atoms with Gasteiger partial charge in [-0.05, 0) is 42.4 Å². The van der Waals surface area contributed by atoms with Crippen molar-refractivity contribution >= 4 is 11.9 Å². The average molecular weight is 381 g/mol. The van der Waals surface area contributed by atoms with E-state index in [0.717, 1.165) is 32.0 Å². The van der Waals surface area contributed by atoms with E-state index in [2.05, 4.69) is 27.6 Å². The van der Waals surface area contributed by atoms with E-state index >= 15 is 0 Å². The summed E-state index contributed by atoms with van der Waals surface area (Å²) in [4.78, 5) is 36.5. The van der Waals surface area contributed by atoms with E-state index in [4.69, 9.17) is 9.57 Å². The second kappa shape index (κ2) is 7.98. The van der Waals surface area contributed by atoms with Crippen LogP contribution in [-0.4, -0.2) is 22.9 Å². The number of H-pyrrole nitrogens is 1. The molecule has 4 rings (SSSR count). The highest BCUT2D eigenvalue weighted by atomic mass is 16.7. The molecule has 1 atom stereocenters. The van der Waals surface area contributed by atoms with Gasteiger partial charge in [0.15, 0.2) is 0 Å². The molecule has 0 fully saturated rings. The van der Waals surface area contributed by atoms with Crippen molar-refractivity contribution in [3.63, 3.8) is 0 Å². The minimum absolute atomic E-state index is 0.0319. The van der Waals surface area contributed by atoms with Crippen LogP contribution in [0.25, 0.3) is 5.57 Å². The number of benzene rings is 1. The molecule has 0 saturated carbocycles. The maximum absolute atomic E-state index is 12.6. The molecule has 0 bridgehead atoms. The van der Waals surface area contributed by atoms with Crippen LogP contribution in [0.4, 0.5) is 0 Å². The quantitative estimate of drug-likeness (QED) is 0.590. The number of aromatic amines is 1. The molecule has 0 amide bonds. The molecule has 146 valence electrons. The summed E-state index contributed by atoms with van der Waals surface area (Å²) >= 11 is 0. The minimum atomic E-state index is -0.367. The number of nitrogens with zero attached hydrogens (tertiary/aromatic N) is 1. The molecule has 1 aliphatic carbocycles. The summed E-state index contributed by atoms with van der Waals surface area (Å²) < 4.78 is 5.55. The number of rotatable bonds is 6. The Kier molecular flexibility index (Phi) is 5.25. The Hall–Kier alpha value is -2.93. The van der Waals surface area contributed by atoms with Gasteiger partial charge in [0.25, 0.3) is 5.56 Å². The maximum Gasteiger partial charge on any atom is 0.319 e. The Morgan fingerprint density at radius 2 is 2.25 bits per heavy atom. The Morgan fingerprint density at radius 1 is 1.39 bits per heavy atom. The molecule has 28 heavy (non-hydrogen) atoms. The minimum Gasteiger partial charge on any atom is -0.472 e. The molecule has 0 saturated heterocycles. The predicted molar refractivity (Wildman–Crippen MR) is 104 cm³/mol. The van der Waals surface area contributed by atoms with Gasteiger partial charge in [0.1, 0.15) is 18.5 Å². The zero-order valence-electron chi connectivity index (χ0n) is 15.8. The first kappa shape index (κ1) is 18.4. The molecule has 2 aliphatic rings. The molecule has 1 aliphatic heterocycles. The number of hydroxylamine groups is 1. The third-order valence-corrected chi connectivity index (χ3v) is 5.23. The molecule has 2 N–H and O–H groups in total. The molecular formula is C21H23N3O4. The number of hydrogen-bond acceptors (Lipinski definition) is 6. The summed E-state index contributed by atoms with van der Waals surface area (Å²) in [5.74, 6) is 0.207. The van der Waals surface area contributed by atoms with Crippen LogP contribution in [0.15, 0.2) is 34.6 Å². The van der Waals surface area contributed by atoms with Crippen LogP contribution in [0.5, 0.6) is 11.9 Å². The van der Waals surface area contributed by atoms with Gasteiger partial charge in [0.05, 0.1) is 6.04 Å². The third-order valence-electron chi connectivity index (χ3n) is 5.23. The standard InChI is InChI=1S/C21H23N3O4/c1-2-6-16-14(11-25)12-27-20-18(16)19(26)22-21(23-20)28-24-17-10-5-8-13-7-3-4-9-15(13)17/h3-4,7,9,11,17,24H,2,5-6,8,10,12H2,1H3,(H,22,23,26). The summed E-state index contributed by atoms with van der Waals surface area (Å²) in [6, 6.07) is 8.35. The molecule has 2 aromatic rings. The number of allylic oxidation sites excluding steroid dienone is 1. The average Bonchev–Trinajstić information content (AvgIpc) is 2.72. The van der Waals surface area contributed by atoms with Gasteiger partial charge in [-0.3, -0.25) is 14.6 Å². The van der Waals surface area contributed by atoms with Crippen molar-refractivity contribution in [3.8, 4) is 11.9 Å². The number of carbonyl (C=O) groups is 1. The molecule has 0 radical (unpaired) electrons. The van der Waals surface area contributed by atoms with Crippen molar-refractivity contribution in [1.82, 2.24) is 15.4 Å². The molecule has 1 unspecified atom stereocenters. The topological polar surface area (TPSA) is 93.3 Å². The second-order valence-corrected chi connectivity index (χ2v) is 7.08. The highest BCUT2D eigenvalue weighted by Gasteiger charge is 2.26. The number of nitrogens with one attached hydrogen (secondary N) is 2. The number of fused-ring (bicyclic) bond motifs is 2. The van der Waals surface area contributed by atoms with Crippen LogP contribution in [0.1, 0.15) is 55.3 Å². The predicted octanol–water partition coefficient (Wildman–Crippen LogP) is 2.88. The summed E-state index contributed by atoms with van der Waals surface area (Å²) in [6.07, 6.45) is 5.24. The Bertz CT molecular complexity index is 980. The van der Waals surface area contributed by atoms with Gasteiger partial charge in [-0.15, -0.1) is 5.48 Å². The van der Waals surface area contributed by atoms with Gasteiger partial charge < -0.3 is 9.57 Å². The SMILES string of the molecule is CCCC1=C(C=O)COc2nc(ONC3CCCc4ccccc43)[nH]c(=O)c21. The van der Waals surface area contributed by atoms with Crippen LogP contribution in [0, 0.1) is 0 Å². The lowest BCUT2D eigenvalue weighted by Crippen LogP contribution is -2.30. The van der Waals surface area contributed by atoms with Crippen molar-refractivity contribution < 1.29 is 14.4 Å². The fraction of sp³-hybridized carbons (Fsp3) is 0.381. The van der Waals surface area contributed by atoms with Crippen LogP contribution in [-0.2, 0) is 11.2 Å². The van der Waals surface area contributed by atoms with E-state index in [1.807, 2.05) is 19.1 Å². The summed E-state index contributed by atoms with van der Waals surface area (Å²) in [5.41, 5.74) is 6.69. The number of hydrogen-bond donors (Lipinski definition) is 2. The largest absolute Gasteiger partial charge is 0.472 e. The van der Waals surface area contributed by atoms with Crippen LogP contribution in [0.3, 0.4) is 0 Å². The fourth-order valence-corrected chi connectivity index (χ4v) is 3.89. The van der Waals surface area contributed by atoms with Gasteiger partial charge in [0, 0.05) is 5.57 Å². The molecular weight excluding hydrogens is 358 g/mol. The summed E-state index contributed by atoms with van der Waals surface area (Å²) in [5, 5.41) is 0. The van der Waals surface area contributed by atoms with E-state index in [1.165, 1.54) is 11.1 Å². The monoisotopic (exact) mass is 381 g/mol. The van der Waals surface area contributed by atoms with E-state index in [1.54, 1.807) is 0 Å². The molecule has 1 aromatic heterocycles. The zero-order valence-corrected chi connectivity index (χ0v) is 15.8. The Morgan fingerprint density at radius 3 is 3.07 bits per heavy atom. The first-order valence-corrected chi connectivity index (χ1v) is 9.66. The maximum atomic E-state index is 12.6. The van der Waals surface area contributed by atoms with E-state index in [-0.39, 0.29) is 30.1 Å². The first-order chi connectivity index (χ1) is 13.7. The number of ether oxygens (including phenoxy) is 1. The zero-order chi connectivity index (χ0) is 19.5. The van der Waals surface area contributed by atoms with Gasteiger partial charge in [0.2, 0.25) is 5.88 Å². The Labute approximate surface area is 162 Å². The molecule has 7 nitrogen and oxygen atoms in total. The number of aromatic nitrogens is 2. The van der Waals surface area contributed by atoms with Gasteiger partial charge in [-0.2, -0.15) is 4.98 Å². The van der Waals surface area contributed by atoms with Gasteiger partial charge >= 0.3 is 6.01 Å². The van der Waals surface area contributed by atoms with E-state index in [0.29, 0.717) is 23.1 Å². The highest BCUT2D eigenvalue weighted by Crippen LogP contribution is 2.32. The highest BCUT2D eigenvalue weighted by molar-refractivity contribution is 5.90. The number of aldehydes is 1. The fourth-order valence-electron chi connectivity index (χ4n) is 3.89. The van der Waals surface area contributed by atoms with Crippen molar-refractivity contribution in [2.24, 2.45) is 0 Å². The Balaban J connectivity index is 1.57. The summed E-state index contributed by atoms with van der Waals surface area (Å²) in [6.45, 7) is 2.11. The van der Waals surface area contributed by atoms with Crippen LogP contribution < -0.4 is 20.6 Å². The molecule has 1 aromatic carbocycles. The lowest BCUT2D eigenvalue weighted by molar-refractivity contribution is -0.105. The van der Waals surface area contributed by atoms with Gasteiger partial charge in [-0.25, -0.2) is 0 Å². The van der Waals surface area contributed by atoms with E-state index in [9.17, 15) is 9.59 Å². The smallest absolute Gasteiger partial charge is 0.319 e. The summed E-state index contributed by atoms with van der Waals surface area (Å²) in [7, 11) is 0. The van der Waals surface area contributed by atoms with Crippen molar-refractivity contribution in [3.05, 3.63) is 56.9 Å². The number of carbonyl (C=O) groups excluding carboxylic acids is 1. The normalized spacial score (nSPS) is 18.1. The van der Waals surface area contributed by atoms with Crippen molar-refractivity contribution in [1.29, 1.82) is 0 Å². The van der Waals surface area contributed by atoms with Crippen molar-refractivity contribution in [2.75, 3.05) is 6.61 Å². The first-order valence-electron chi connectivity index (χ1n) is 9.66. The van der Waals surface area contributed by atoms with Crippen LogP contribution >= 0.6 is 0 Å². The van der Waals surface area contributed by atoms with Crippen LogP contribution in [0.2, 0.25) is 0 Å².